The monoisotopic (exact) mass is 458 g/mol. The van der Waals surface area contributed by atoms with Crippen LogP contribution in [0.15, 0.2) is 35.7 Å². The van der Waals surface area contributed by atoms with Crippen LogP contribution < -0.4 is 20.1 Å². The topological polar surface area (TPSA) is 96.9 Å². The van der Waals surface area contributed by atoms with E-state index in [4.69, 9.17) is 9.47 Å². The van der Waals surface area contributed by atoms with E-state index >= 15 is 0 Å². The summed E-state index contributed by atoms with van der Waals surface area (Å²) < 4.78 is 52.7. The molecule has 2 aromatic rings. The quantitative estimate of drug-likeness (QED) is 0.551. The zero-order chi connectivity index (χ0) is 22.8. The van der Waals surface area contributed by atoms with Gasteiger partial charge in [0, 0.05) is 0 Å². The van der Waals surface area contributed by atoms with Gasteiger partial charge in [0.1, 0.15) is 5.92 Å². The standard InChI is InChI=1S/C20H21F3N2O5S/c1-3-29-12-8-7-11(10-13(12)30-4-2)16-15(17(26)14-6-5-9-31-14)19(28,20(21,22)23)25-18(27)24-16/h5-10,15-16,28H,3-4H2,1-2H3,(H2,24,25,27)/t15-,16-,19+/m1/s1. The molecule has 1 aromatic carbocycles. The number of ketones is 1. The van der Waals surface area contributed by atoms with E-state index in [1.165, 1.54) is 41.0 Å². The number of halogens is 3. The molecule has 0 bridgehead atoms. The molecule has 11 heteroatoms. The minimum absolute atomic E-state index is 0.0200. The van der Waals surface area contributed by atoms with E-state index in [1.807, 2.05) is 0 Å². The number of Topliss-reactive ketones (excluding diaryl/α,β-unsaturated/α-hetero) is 1. The maximum absolute atomic E-state index is 13.9. The number of hydrogen-bond acceptors (Lipinski definition) is 6. The summed E-state index contributed by atoms with van der Waals surface area (Å²) in [7, 11) is 0. The molecule has 0 radical (unpaired) electrons. The van der Waals surface area contributed by atoms with E-state index in [0.717, 1.165) is 11.3 Å². The number of alkyl halides is 3. The predicted octanol–water partition coefficient (Wildman–Crippen LogP) is 3.65. The average Bonchev–Trinajstić information content (AvgIpc) is 3.23. The summed E-state index contributed by atoms with van der Waals surface area (Å²) >= 11 is 0.941. The normalized spacial score (nSPS) is 23.6. The molecule has 0 unspecified atom stereocenters. The van der Waals surface area contributed by atoms with Crippen LogP contribution in [0.2, 0.25) is 0 Å². The summed E-state index contributed by atoms with van der Waals surface area (Å²) in [5.41, 5.74) is -3.62. The Balaban J connectivity index is 2.14. The van der Waals surface area contributed by atoms with E-state index < -0.39 is 35.7 Å². The summed E-state index contributed by atoms with van der Waals surface area (Å²) in [5.74, 6) is -2.44. The van der Waals surface area contributed by atoms with Gasteiger partial charge in [-0.15, -0.1) is 11.3 Å². The number of ether oxygens (including phenoxy) is 2. The van der Waals surface area contributed by atoms with Crippen molar-refractivity contribution in [2.24, 2.45) is 5.92 Å². The van der Waals surface area contributed by atoms with Gasteiger partial charge in [0.05, 0.1) is 24.1 Å². The van der Waals surface area contributed by atoms with Crippen molar-refractivity contribution in [1.29, 1.82) is 0 Å². The summed E-state index contributed by atoms with van der Waals surface area (Å²) in [5, 5.41) is 16.0. The third-order valence-electron chi connectivity index (χ3n) is 4.78. The van der Waals surface area contributed by atoms with Gasteiger partial charge in [-0.3, -0.25) is 4.79 Å². The maximum Gasteiger partial charge on any atom is 0.437 e. The number of aliphatic hydroxyl groups is 1. The van der Waals surface area contributed by atoms with Crippen LogP contribution in [0.3, 0.4) is 0 Å². The lowest BCUT2D eigenvalue weighted by Crippen LogP contribution is -2.72. The zero-order valence-electron chi connectivity index (χ0n) is 16.7. The van der Waals surface area contributed by atoms with Crippen molar-refractivity contribution in [3.05, 3.63) is 46.2 Å². The number of thiophene rings is 1. The molecule has 0 aliphatic carbocycles. The molecule has 1 aliphatic rings. The van der Waals surface area contributed by atoms with Gasteiger partial charge < -0.3 is 25.2 Å². The third-order valence-corrected chi connectivity index (χ3v) is 5.66. The van der Waals surface area contributed by atoms with E-state index in [2.05, 4.69) is 5.32 Å². The van der Waals surface area contributed by atoms with Crippen molar-refractivity contribution in [1.82, 2.24) is 10.6 Å². The van der Waals surface area contributed by atoms with Crippen LogP contribution in [0, 0.1) is 5.92 Å². The van der Waals surface area contributed by atoms with Crippen molar-refractivity contribution in [2.45, 2.75) is 31.8 Å². The van der Waals surface area contributed by atoms with Gasteiger partial charge in [-0.1, -0.05) is 12.1 Å². The molecular weight excluding hydrogens is 437 g/mol. The molecule has 2 amide bonds. The van der Waals surface area contributed by atoms with Crippen LogP contribution >= 0.6 is 11.3 Å². The predicted molar refractivity (Wildman–Crippen MR) is 106 cm³/mol. The van der Waals surface area contributed by atoms with Gasteiger partial charge in [0.2, 0.25) is 5.72 Å². The molecule has 7 nitrogen and oxygen atoms in total. The Morgan fingerprint density at radius 3 is 2.45 bits per heavy atom. The SMILES string of the molecule is CCOc1ccc([C@H]2NC(=O)N[C@@](O)(C(F)(F)F)[C@H]2C(=O)c2cccs2)cc1OCC. The highest BCUT2D eigenvalue weighted by atomic mass is 32.1. The second-order valence-electron chi connectivity index (χ2n) is 6.73. The molecule has 168 valence electrons. The van der Waals surface area contributed by atoms with E-state index in [1.54, 1.807) is 13.8 Å². The molecule has 1 saturated heterocycles. The molecule has 1 aliphatic heterocycles. The molecule has 3 atom stereocenters. The minimum Gasteiger partial charge on any atom is -0.490 e. The van der Waals surface area contributed by atoms with E-state index in [9.17, 15) is 27.9 Å². The largest absolute Gasteiger partial charge is 0.490 e. The number of rotatable bonds is 7. The smallest absolute Gasteiger partial charge is 0.437 e. The number of benzene rings is 1. The molecule has 3 rings (SSSR count). The maximum atomic E-state index is 13.9. The molecule has 3 N–H and O–H groups in total. The highest BCUT2D eigenvalue weighted by molar-refractivity contribution is 7.12. The Morgan fingerprint density at radius 2 is 1.87 bits per heavy atom. The fourth-order valence-electron chi connectivity index (χ4n) is 3.45. The van der Waals surface area contributed by atoms with Gasteiger partial charge in [-0.05, 0) is 43.0 Å². The van der Waals surface area contributed by atoms with Gasteiger partial charge in [-0.25, -0.2) is 4.79 Å². The minimum atomic E-state index is -5.31. The van der Waals surface area contributed by atoms with Crippen LogP contribution in [0.5, 0.6) is 11.5 Å². The molecule has 0 saturated carbocycles. The van der Waals surface area contributed by atoms with Crippen molar-refractivity contribution in [2.75, 3.05) is 13.2 Å². The Morgan fingerprint density at radius 1 is 1.19 bits per heavy atom. The zero-order valence-corrected chi connectivity index (χ0v) is 17.5. The van der Waals surface area contributed by atoms with Crippen molar-refractivity contribution >= 4 is 23.2 Å². The van der Waals surface area contributed by atoms with Crippen LogP contribution in [-0.4, -0.2) is 42.0 Å². The first kappa shape index (κ1) is 22.9. The van der Waals surface area contributed by atoms with Gasteiger partial charge in [0.15, 0.2) is 17.3 Å². The average molecular weight is 458 g/mol. The van der Waals surface area contributed by atoms with Crippen molar-refractivity contribution in [3.8, 4) is 11.5 Å². The molecule has 2 heterocycles. The first-order chi connectivity index (χ1) is 14.6. The second-order valence-corrected chi connectivity index (χ2v) is 7.68. The Hall–Kier alpha value is -2.79. The second kappa shape index (κ2) is 8.75. The Labute approximate surface area is 180 Å². The van der Waals surface area contributed by atoms with E-state index in [0.29, 0.717) is 12.4 Å². The lowest BCUT2D eigenvalue weighted by molar-refractivity contribution is -0.287. The van der Waals surface area contributed by atoms with Crippen molar-refractivity contribution in [3.63, 3.8) is 0 Å². The molecule has 1 fully saturated rings. The Bertz CT molecular complexity index is 951. The van der Waals surface area contributed by atoms with Gasteiger partial charge in [0.25, 0.3) is 0 Å². The molecule has 1 aromatic heterocycles. The molecule has 0 spiro atoms. The van der Waals surface area contributed by atoms with Crippen molar-refractivity contribution < 1.29 is 37.3 Å². The van der Waals surface area contributed by atoms with Gasteiger partial charge in [-0.2, -0.15) is 13.2 Å². The highest BCUT2D eigenvalue weighted by Crippen LogP contribution is 2.45. The molecular formula is C20H21F3N2O5S. The first-order valence-corrected chi connectivity index (χ1v) is 10.3. The number of amides is 2. The fraction of sp³-hybridized carbons (Fsp3) is 0.400. The van der Waals surface area contributed by atoms with E-state index in [-0.39, 0.29) is 22.8 Å². The summed E-state index contributed by atoms with van der Waals surface area (Å²) in [6.07, 6.45) is -5.31. The van der Waals surface area contributed by atoms with Gasteiger partial charge >= 0.3 is 12.2 Å². The lowest BCUT2D eigenvalue weighted by Gasteiger charge is -2.44. The number of carbonyl (C=O) groups excluding carboxylic acids is 2. The summed E-state index contributed by atoms with van der Waals surface area (Å²) in [4.78, 5) is 25.2. The van der Waals surface area contributed by atoms with Crippen LogP contribution in [0.25, 0.3) is 0 Å². The number of hydrogen-bond donors (Lipinski definition) is 3. The number of urea groups is 1. The summed E-state index contributed by atoms with van der Waals surface area (Å²) in [6.45, 7) is 4.07. The Kier molecular flexibility index (Phi) is 6.46. The van der Waals surface area contributed by atoms with Crippen LogP contribution in [0.1, 0.15) is 35.1 Å². The molecule has 31 heavy (non-hydrogen) atoms. The fourth-order valence-corrected chi connectivity index (χ4v) is 4.15. The van der Waals surface area contributed by atoms with Crippen LogP contribution in [-0.2, 0) is 0 Å². The highest BCUT2D eigenvalue weighted by Gasteiger charge is 2.66. The summed E-state index contributed by atoms with van der Waals surface area (Å²) in [6, 6.07) is 4.44. The lowest BCUT2D eigenvalue weighted by atomic mass is 9.78. The first-order valence-electron chi connectivity index (χ1n) is 9.47. The third kappa shape index (κ3) is 4.33. The number of carbonyl (C=O) groups is 2. The van der Waals surface area contributed by atoms with Crippen LogP contribution in [0.4, 0.5) is 18.0 Å². The number of nitrogens with one attached hydrogen (secondary N) is 2.